The Kier molecular flexibility index (Phi) is 9.05. The molecule has 2 fully saturated rings. The summed E-state index contributed by atoms with van der Waals surface area (Å²) in [5, 5.41) is 17.1. The molecule has 1 aliphatic carbocycles. The molecule has 0 amide bonds. The molecule has 0 aromatic heterocycles. The Bertz CT molecular complexity index is 679. The van der Waals surface area contributed by atoms with Crippen LogP contribution < -0.4 is 10.6 Å². The van der Waals surface area contributed by atoms with Gasteiger partial charge in [-0.3, -0.25) is 9.89 Å². The van der Waals surface area contributed by atoms with E-state index in [2.05, 4.69) is 20.5 Å². The van der Waals surface area contributed by atoms with Gasteiger partial charge in [0, 0.05) is 43.7 Å². The second-order valence-electron chi connectivity index (χ2n) is 7.81. The van der Waals surface area contributed by atoms with Crippen molar-refractivity contribution in [3.8, 4) is 0 Å². The number of morpholine rings is 1. The first kappa shape index (κ1) is 24.2. The largest absolute Gasteiger partial charge is 0.387 e. The molecule has 0 spiro atoms. The summed E-state index contributed by atoms with van der Waals surface area (Å²) in [6.07, 6.45) is 0.645. The molecule has 3 N–H and O–H groups in total. The first-order valence-corrected chi connectivity index (χ1v) is 9.91. The highest BCUT2D eigenvalue weighted by atomic mass is 127. The van der Waals surface area contributed by atoms with E-state index in [1.54, 1.807) is 6.92 Å². The van der Waals surface area contributed by atoms with Crippen LogP contribution in [0.25, 0.3) is 0 Å². The van der Waals surface area contributed by atoms with Gasteiger partial charge in [-0.15, -0.1) is 24.0 Å². The van der Waals surface area contributed by atoms with Gasteiger partial charge in [0.1, 0.15) is 11.6 Å². The van der Waals surface area contributed by atoms with Gasteiger partial charge in [0.05, 0.1) is 25.4 Å². The molecular formula is C20H31F2IN4O2. The van der Waals surface area contributed by atoms with Crippen LogP contribution >= 0.6 is 24.0 Å². The van der Waals surface area contributed by atoms with Gasteiger partial charge in [0.15, 0.2) is 5.96 Å². The van der Waals surface area contributed by atoms with Crippen LogP contribution in [0.2, 0.25) is 0 Å². The predicted molar refractivity (Wildman–Crippen MR) is 120 cm³/mol. The van der Waals surface area contributed by atoms with Crippen molar-refractivity contribution in [1.82, 2.24) is 15.5 Å². The number of β-amino-alcohol motifs (C(OH)–C–C–N with tert-alkyl or cyclic N) is 1. The summed E-state index contributed by atoms with van der Waals surface area (Å²) in [7, 11) is 0. The predicted octanol–water partition coefficient (Wildman–Crippen LogP) is 2.08. The number of nitrogens with zero attached hydrogens (tertiary/aromatic N) is 2. The average molecular weight is 524 g/mol. The zero-order valence-electron chi connectivity index (χ0n) is 17.0. The van der Waals surface area contributed by atoms with Crippen LogP contribution in [0.1, 0.15) is 31.7 Å². The molecule has 3 atom stereocenters. The van der Waals surface area contributed by atoms with Crippen LogP contribution in [0, 0.1) is 11.6 Å². The van der Waals surface area contributed by atoms with E-state index in [1.807, 2.05) is 6.92 Å². The van der Waals surface area contributed by atoms with E-state index >= 15 is 0 Å². The quantitative estimate of drug-likeness (QED) is 0.290. The number of halogens is 3. The summed E-state index contributed by atoms with van der Waals surface area (Å²) in [5.41, 5.74) is -0.838. The molecule has 0 radical (unpaired) electrons. The van der Waals surface area contributed by atoms with E-state index in [9.17, 15) is 13.9 Å². The third-order valence-corrected chi connectivity index (χ3v) is 5.07. The Morgan fingerprint density at radius 2 is 1.97 bits per heavy atom. The minimum Gasteiger partial charge on any atom is -0.387 e. The highest BCUT2D eigenvalue weighted by Gasteiger charge is 2.42. The average Bonchev–Trinajstić information content (AvgIpc) is 3.39. The summed E-state index contributed by atoms with van der Waals surface area (Å²) >= 11 is 0. The Morgan fingerprint density at radius 1 is 1.31 bits per heavy atom. The van der Waals surface area contributed by atoms with Crippen molar-refractivity contribution >= 4 is 29.9 Å². The second-order valence-corrected chi connectivity index (χ2v) is 7.81. The third-order valence-electron chi connectivity index (χ3n) is 5.07. The summed E-state index contributed by atoms with van der Waals surface area (Å²) in [5.74, 6) is -0.678. The minimum absolute atomic E-state index is 0. The molecule has 6 nitrogen and oxygen atoms in total. The standard InChI is InChI=1S/C20H30F2N4O2.HI/c1-3-23-19(24-12-20(2,27)13-26-7-9-28-10-8-26)25-17-11-14(17)18-15(21)5-4-6-16(18)22;/h4-6,14,17,27H,3,7-13H2,1-2H3,(H2,23,24,25);1H. The van der Waals surface area contributed by atoms with E-state index in [0.717, 1.165) is 13.1 Å². The molecule has 1 saturated carbocycles. The number of hydrogen-bond acceptors (Lipinski definition) is 4. The van der Waals surface area contributed by atoms with E-state index in [-0.39, 0.29) is 48.0 Å². The summed E-state index contributed by atoms with van der Waals surface area (Å²) < 4.78 is 33.3. The lowest BCUT2D eigenvalue weighted by Crippen LogP contribution is -2.48. The van der Waals surface area contributed by atoms with E-state index in [4.69, 9.17) is 4.74 Å². The molecule has 1 heterocycles. The van der Waals surface area contributed by atoms with Gasteiger partial charge in [-0.25, -0.2) is 8.78 Å². The SMILES string of the molecule is CCNC(=NCC(C)(O)CN1CCOCC1)NC1CC1c1c(F)cccc1F.I. The molecule has 9 heteroatoms. The number of benzene rings is 1. The fourth-order valence-electron chi connectivity index (χ4n) is 3.57. The normalized spacial score (nSPS) is 24.4. The number of aliphatic hydroxyl groups is 1. The molecule has 3 rings (SSSR count). The second kappa shape index (κ2) is 10.8. The monoisotopic (exact) mass is 524 g/mol. The molecule has 2 aliphatic rings. The van der Waals surface area contributed by atoms with Gasteiger partial charge in [0.2, 0.25) is 0 Å². The maximum Gasteiger partial charge on any atom is 0.191 e. The molecule has 1 aromatic rings. The van der Waals surface area contributed by atoms with Crippen LogP contribution in [-0.4, -0.2) is 73.5 Å². The molecule has 164 valence electrons. The molecule has 1 saturated heterocycles. The van der Waals surface area contributed by atoms with Crippen molar-refractivity contribution in [2.24, 2.45) is 4.99 Å². The first-order chi connectivity index (χ1) is 13.4. The minimum atomic E-state index is -0.972. The fourth-order valence-corrected chi connectivity index (χ4v) is 3.57. The van der Waals surface area contributed by atoms with Gasteiger partial charge in [-0.2, -0.15) is 0 Å². The van der Waals surface area contributed by atoms with Crippen molar-refractivity contribution in [1.29, 1.82) is 0 Å². The number of guanidine groups is 1. The van der Waals surface area contributed by atoms with Gasteiger partial charge in [-0.05, 0) is 32.4 Å². The van der Waals surface area contributed by atoms with Crippen molar-refractivity contribution < 1.29 is 18.6 Å². The number of ether oxygens (including phenoxy) is 1. The highest BCUT2D eigenvalue weighted by molar-refractivity contribution is 14.0. The fraction of sp³-hybridized carbons (Fsp3) is 0.650. The third kappa shape index (κ3) is 7.01. The van der Waals surface area contributed by atoms with Crippen LogP contribution in [-0.2, 0) is 4.74 Å². The smallest absolute Gasteiger partial charge is 0.191 e. The van der Waals surface area contributed by atoms with Gasteiger partial charge >= 0.3 is 0 Å². The number of rotatable bonds is 7. The Hall–Kier alpha value is -1.04. The lowest BCUT2D eigenvalue weighted by molar-refractivity contribution is -0.0180. The molecule has 1 aliphatic heterocycles. The van der Waals surface area contributed by atoms with Gasteiger partial charge < -0.3 is 20.5 Å². The summed E-state index contributed by atoms with van der Waals surface area (Å²) in [4.78, 5) is 6.67. The number of aliphatic imine (C=N–C) groups is 1. The van der Waals surface area contributed by atoms with Crippen molar-refractivity contribution in [2.45, 2.75) is 37.8 Å². The van der Waals surface area contributed by atoms with Crippen molar-refractivity contribution in [3.63, 3.8) is 0 Å². The molecule has 29 heavy (non-hydrogen) atoms. The molecule has 0 bridgehead atoms. The Labute approximate surface area is 188 Å². The van der Waals surface area contributed by atoms with E-state index < -0.39 is 17.2 Å². The highest BCUT2D eigenvalue weighted by Crippen LogP contribution is 2.43. The lowest BCUT2D eigenvalue weighted by Gasteiger charge is -2.33. The summed E-state index contributed by atoms with van der Waals surface area (Å²) in [6.45, 7) is 8.08. The maximum atomic E-state index is 14.0. The molecular weight excluding hydrogens is 493 g/mol. The number of nitrogens with one attached hydrogen (secondary N) is 2. The Balaban J connectivity index is 0.00000300. The zero-order valence-corrected chi connectivity index (χ0v) is 19.3. The topological polar surface area (TPSA) is 69.1 Å². The zero-order chi connectivity index (χ0) is 20.1. The van der Waals surface area contributed by atoms with Crippen LogP contribution in [0.4, 0.5) is 8.78 Å². The molecule has 1 aromatic carbocycles. The lowest BCUT2D eigenvalue weighted by atomic mass is 10.1. The Morgan fingerprint density at radius 3 is 2.59 bits per heavy atom. The van der Waals surface area contributed by atoms with E-state index in [0.29, 0.717) is 38.7 Å². The molecule has 3 unspecified atom stereocenters. The number of hydrogen-bond donors (Lipinski definition) is 3. The summed E-state index contributed by atoms with van der Waals surface area (Å²) in [6, 6.07) is 3.88. The van der Waals surface area contributed by atoms with Crippen molar-refractivity contribution in [3.05, 3.63) is 35.4 Å². The first-order valence-electron chi connectivity index (χ1n) is 9.91. The maximum absolute atomic E-state index is 14.0. The van der Waals surface area contributed by atoms with Crippen LogP contribution in [0.15, 0.2) is 23.2 Å². The van der Waals surface area contributed by atoms with Crippen molar-refractivity contribution in [2.75, 3.05) is 45.9 Å². The van der Waals surface area contributed by atoms with Crippen LogP contribution in [0.3, 0.4) is 0 Å². The van der Waals surface area contributed by atoms with Crippen LogP contribution in [0.5, 0.6) is 0 Å². The van der Waals surface area contributed by atoms with E-state index in [1.165, 1.54) is 18.2 Å². The van der Waals surface area contributed by atoms with Gasteiger partial charge in [-0.1, -0.05) is 6.07 Å². The van der Waals surface area contributed by atoms with Gasteiger partial charge in [0.25, 0.3) is 0 Å².